The molecule has 4 N–H and O–H groups in total. The number of rotatable bonds is 9. The SMILES string of the molecule is C[C@]12CCC(=O)C=C1CC[C@@H]1[C@@H]2[C@@H](O)C[C@@]2(C)[C@@H]1CC[C@]2(O)C(=O)COC(=O)CCC(=O)NCCN1CCNCC1. The number of carbonyl (C=O) groups excluding carboxylic acids is 4. The van der Waals surface area contributed by atoms with Crippen LogP contribution in [-0.4, -0.2) is 96.1 Å². The van der Waals surface area contributed by atoms with Crippen LogP contribution >= 0.6 is 0 Å². The van der Waals surface area contributed by atoms with Gasteiger partial charge in [-0.1, -0.05) is 19.4 Å². The Morgan fingerprint density at radius 1 is 1.12 bits per heavy atom. The summed E-state index contributed by atoms with van der Waals surface area (Å²) in [6.45, 7) is 8.59. The van der Waals surface area contributed by atoms with Crippen LogP contribution in [0.3, 0.4) is 0 Å². The molecule has 0 aromatic carbocycles. The number of ether oxygens (including phenoxy) is 1. The van der Waals surface area contributed by atoms with Gasteiger partial charge in [-0.05, 0) is 67.8 Å². The van der Waals surface area contributed by atoms with E-state index >= 15 is 0 Å². The van der Waals surface area contributed by atoms with Crippen LogP contribution in [-0.2, 0) is 23.9 Å². The average molecular weight is 574 g/mol. The monoisotopic (exact) mass is 573 g/mol. The summed E-state index contributed by atoms with van der Waals surface area (Å²) < 4.78 is 5.24. The molecule has 5 rings (SSSR count). The fourth-order valence-electron chi connectivity index (χ4n) is 9.08. The Hall–Kier alpha value is -2.14. The molecule has 0 radical (unpaired) electrons. The Balaban J connectivity index is 1.13. The van der Waals surface area contributed by atoms with Crippen molar-refractivity contribution in [1.82, 2.24) is 15.5 Å². The smallest absolute Gasteiger partial charge is 0.306 e. The molecule has 41 heavy (non-hydrogen) atoms. The topological polar surface area (TPSA) is 145 Å². The highest BCUT2D eigenvalue weighted by Crippen LogP contribution is 2.67. The lowest BCUT2D eigenvalue weighted by atomic mass is 9.45. The van der Waals surface area contributed by atoms with Crippen LogP contribution in [0.2, 0.25) is 0 Å². The molecule has 0 unspecified atom stereocenters. The molecule has 3 saturated carbocycles. The van der Waals surface area contributed by atoms with Crippen molar-refractivity contribution >= 4 is 23.4 Å². The molecule has 5 aliphatic rings. The van der Waals surface area contributed by atoms with Gasteiger partial charge in [0.1, 0.15) is 5.60 Å². The van der Waals surface area contributed by atoms with E-state index in [1.54, 1.807) is 6.08 Å². The molecule has 7 atom stereocenters. The number of hydrogen-bond donors (Lipinski definition) is 4. The van der Waals surface area contributed by atoms with Gasteiger partial charge in [0.2, 0.25) is 11.7 Å². The van der Waals surface area contributed by atoms with Crippen molar-refractivity contribution in [2.75, 3.05) is 45.9 Å². The zero-order chi connectivity index (χ0) is 29.4. The molecular weight excluding hydrogens is 526 g/mol. The normalized spacial score (nSPS) is 38.7. The number of hydrogen-bond acceptors (Lipinski definition) is 9. The third-order valence-corrected chi connectivity index (χ3v) is 11.4. The average Bonchev–Trinajstić information content (AvgIpc) is 3.22. The van der Waals surface area contributed by atoms with E-state index in [2.05, 4.69) is 22.5 Å². The zero-order valence-electron chi connectivity index (χ0n) is 24.6. The number of ketones is 2. The Labute approximate surface area is 242 Å². The van der Waals surface area contributed by atoms with E-state index in [0.29, 0.717) is 25.8 Å². The van der Waals surface area contributed by atoms with Crippen molar-refractivity contribution in [3.63, 3.8) is 0 Å². The third kappa shape index (κ3) is 5.65. The van der Waals surface area contributed by atoms with Gasteiger partial charge in [0.25, 0.3) is 0 Å². The first-order valence-electron chi connectivity index (χ1n) is 15.5. The van der Waals surface area contributed by atoms with Gasteiger partial charge in [-0.15, -0.1) is 0 Å². The first-order chi connectivity index (χ1) is 19.5. The maximum atomic E-state index is 13.4. The molecule has 10 heteroatoms. The lowest BCUT2D eigenvalue weighted by Gasteiger charge is -2.60. The minimum Gasteiger partial charge on any atom is -0.458 e. The second kappa shape index (κ2) is 11.9. The van der Waals surface area contributed by atoms with Gasteiger partial charge in [-0.25, -0.2) is 0 Å². The van der Waals surface area contributed by atoms with Crippen molar-refractivity contribution in [2.24, 2.45) is 28.6 Å². The van der Waals surface area contributed by atoms with Crippen molar-refractivity contribution in [2.45, 2.75) is 83.3 Å². The van der Waals surface area contributed by atoms with Crippen LogP contribution in [0.4, 0.5) is 0 Å². The van der Waals surface area contributed by atoms with E-state index in [4.69, 9.17) is 4.74 Å². The first kappa shape index (κ1) is 30.3. The summed E-state index contributed by atoms with van der Waals surface area (Å²) in [5, 5.41) is 29.4. The predicted molar refractivity (Wildman–Crippen MR) is 151 cm³/mol. The van der Waals surface area contributed by atoms with Crippen LogP contribution < -0.4 is 10.6 Å². The Morgan fingerprint density at radius 3 is 2.63 bits per heavy atom. The van der Waals surface area contributed by atoms with Crippen LogP contribution in [0.5, 0.6) is 0 Å². The number of aliphatic hydroxyl groups is 2. The van der Waals surface area contributed by atoms with Gasteiger partial charge in [-0.2, -0.15) is 0 Å². The van der Waals surface area contributed by atoms with Gasteiger partial charge < -0.3 is 25.6 Å². The Bertz CT molecular complexity index is 1090. The molecule has 228 valence electrons. The molecule has 1 amide bonds. The molecule has 0 aromatic heterocycles. The van der Waals surface area contributed by atoms with E-state index in [0.717, 1.165) is 57.6 Å². The van der Waals surface area contributed by atoms with Gasteiger partial charge in [-0.3, -0.25) is 24.1 Å². The summed E-state index contributed by atoms with van der Waals surface area (Å²) in [7, 11) is 0. The lowest BCUT2D eigenvalue weighted by Crippen LogP contribution is -2.62. The second-order valence-corrected chi connectivity index (χ2v) is 13.5. The number of aliphatic hydroxyl groups excluding tert-OH is 1. The highest BCUT2D eigenvalue weighted by Gasteiger charge is 2.68. The summed E-state index contributed by atoms with van der Waals surface area (Å²) in [5.74, 6) is -1.06. The molecule has 10 nitrogen and oxygen atoms in total. The predicted octanol–water partition coefficient (Wildman–Crippen LogP) is 1.13. The summed E-state index contributed by atoms with van der Waals surface area (Å²) in [4.78, 5) is 52.3. The van der Waals surface area contributed by atoms with E-state index in [9.17, 15) is 29.4 Å². The van der Waals surface area contributed by atoms with Crippen LogP contribution in [0.1, 0.15) is 71.6 Å². The van der Waals surface area contributed by atoms with Gasteiger partial charge >= 0.3 is 5.97 Å². The Morgan fingerprint density at radius 2 is 1.88 bits per heavy atom. The number of nitrogens with zero attached hydrogens (tertiary/aromatic N) is 1. The second-order valence-electron chi connectivity index (χ2n) is 13.5. The van der Waals surface area contributed by atoms with Crippen molar-refractivity contribution in [3.05, 3.63) is 11.6 Å². The van der Waals surface area contributed by atoms with Crippen LogP contribution in [0.25, 0.3) is 0 Å². The first-order valence-corrected chi connectivity index (χ1v) is 15.5. The van der Waals surface area contributed by atoms with Crippen molar-refractivity contribution in [3.8, 4) is 0 Å². The van der Waals surface area contributed by atoms with E-state index in [-0.39, 0.29) is 54.1 Å². The number of piperazine rings is 1. The standard InChI is InChI=1S/C31H47N3O7/c1-29-9-7-21(35)17-20(29)3-4-22-23-8-10-31(40,30(23,2)18-24(36)28(22)29)25(37)19-41-27(39)6-5-26(38)33-13-16-34-14-11-32-12-15-34/h17,22-24,28,32,36,40H,3-16,18-19H2,1-2H3,(H,33,38)/t22-,23+,24-,28+,29-,30-,31-/m0/s1. The highest BCUT2D eigenvalue weighted by atomic mass is 16.5. The minimum atomic E-state index is -1.69. The molecular formula is C31H47N3O7. The molecule has 1 saturated heterocycles. The summed E-state index contributed by atoms with van der Waals surface area (Å²) in [5.41, 5.74) is -1.62. The summed E-state index contributed by atoms with van der Waals surface area (Å²) >= 11 is 0. The molecule has 1 aliphatic heterocycles. The van der Waals surface area contributed by atoms with Gasteiger partial charge in [0.15, 0.2) is 12.4 Å². The van der Waals surface area contributed by atoms with Gasteiger partial charge in [0, 0.05) is 57.5 Å². The van der Waals surface area contributed by atoms with Crippen molar-refractivity contribution in [1.29, 1.82) is 0 Å². The summed E-state index contributed by atoms with van der Waals surface area (Å²) in [6, 6.07) is 0. The summed E-state index contributed by atoms with van der Waals surface area (Å²) in [6.07, 6.45) is 5.02. The molecule has 4 fully saturated rings. The highest BCUT2D eigenvalue weighted by molar-refractivity contribution is 5.92. The zero-order valence-corrected chi connectivity index (χ0v) is 24.6. The number of amides is 1. The molecule has 0 spiro atoms. The Kier molecular flexibility index (Phi) is 8.77. The number of carbonyl (C=O) groups is 4. The van der Waals surface area contributed by atoms with E-state index < -0.39 is 35.5 Å². The number of allylic oxidation sites excluding steroid dienone is 1. The quantitative estimate of drug-likeness (QED) is 0.298. The molecule has 1 heterocycles. The minimum absolute atomic E-state index is 0.00744. The van der Waals surface area contributed by atoms with E-state index in [1.165, 1.54) is 0 Å². The van der Waals surface area contributed by atoms with E-state index in [1.807, 2.05) is 6.92 Å². The number of nitrogens with one attached hydrogen (secondary N) is 2. The lowest BCUT2D eigenvalue weighted by molar-refractivity contribution is -0.184. The van der Waals surface area contributed by atoms with Crippen LogP contribution in [0.15, 0.2) is 11.6 Å². The number of fused-ring (bicyclic) bond motifs is 5. The molecule has 0 bridgehead atoms. The maximum absolute atomic E-state index is 13.4. The number of Topliss-reactive ketones (excluding diaryl/α,β-unsaturated/α-hetero) is 1. The number of esters is 1. The van der Waals surface area contributed by atoms with Crippen molar-refractivity contribution < 1.29 is 34.1 Å². The molecule has 4 aliphatic carbocycles. The molecule has 0 aromatic rings. The van der Waals surface area contributed by atoms with Crippen LogP contribution in [0, 0.1) is 28.6 Å². The fourth-order valence-corrected chi connectivity index (χ4v) is 9.08. The largest absolute Gasteiger partial charge is 0.458 e. The fraction of sp³-hybridized carbons (Fsp3) is 0.806. The maximum Gasteiger partial charge on any atom is 0.306 e. The van der Waals surface area contributed by atoms with Gasteiger partial charge in [0.05, 0.1) is 12.5 Å². The third-order valence-electron chi connectivity index (χ3n) is 11.4.